The third-order valence-corrected chi connectivity index (χ3v) is 9.59. The Balaban J connectivity index is 1.78. The number of hydrogen-bond donors (Lipinski definition) is 1. The summed E-state index contributed by atoms with van der Waals surface area (Å²) in [6, 6.07) is 8.53. The molecule has 0 spiro atoms. The first kappa shape index (κ1) is 48.5. The van der Waals surface area contributed by atoms with Crippen LogP contribution >= 0.6 is 12.6 Å². The lowest BCUT2D eigenvalue weighted by molar-refractivity contribution is -0.384. The number of thiol groups is 1. The van der Waals surface area contributed by atoms with Crippen molar-refractivity contribution in [3.05, 3.63) is 63.2 Å². The van der Waals surface area contributed by atoms with Gasteiger partial charge in [-0.25, -0.2) is 4.79 Å². The van der Waals surface area contributed by atoms with Gasteiger partial charge in [-0.1, -0.05) is 48.0 Å². The van der Waals surface area contributed by atoms with Gasteiger partial charge in [0.15, 0.2) is 6.10 Å². The number of nitro benzene ring substituents is 1. The summed E-state index contributed by atoms with van der Waals surface area (Å²) in [6.07, 6.45) is 1.79. The second-order valence-corrected chi connectivity index (χ2v) is 15.7. The largest absolute Gasteiger partial charge is 0.514 e. The van der Waals surface area contributed by atoms with Crippen molar-refractivity contribution < 1.29 is 57.3 Å². The molecule has 5 atom stereocenters. The van der Waals surface area contributed by atoms with Crippen molar-refractivity contribution in [1.29, 1.82) is 0 Å². The summed E-state index contributed by atoms with van der Waals surface area (Å²) in [7, 11) is 0. The van der Waals surface area contributed by atoms with E-state index in [9.17, 15) is 34.1 Å². The number of nitro groups is 1. The average molecular weight is 818 g/mol. The van der Waals surface area contributed by atoms with Crippen LogP contribution in [0.3, 0.4) is 0 Å². The highest BCUT2D eigenvalue weighted by Crippen LogP contribution is 2.28. The van der Waals surface area contributed by atoms with E-state index in [1.54, 1.807) is 26.0 Å². The van der Waals surface area contributed by atoms with Gasteiger partial charge in [0, 0.05) is 31.4 Å². The summed E-state index contributed by atoms with van der Waals surface area (Å²) < 4.78 is 32.1. The zero-order chi connectivity index (χ0) is 42.7. The van der Waals surface area contributed by atoms with Crippen LogP contribution < -0.4 is 9.47 Å². The molecule has 0 bridgehead atoms. The van der Waals surface area contributed by atoms with Crippen LogP contribution in [0.2, 0.25) is 0 Å². The second kappa shape index (κ2) is 24.9. The third-order valence-electron chi connectivity index (χ3n) is 9.33. The van der Waals surface area contributed by atoms with Crippen LogP contribution in [0, 0.1) is 53.6 Å². The van der Waals surface area contributed by atoms with E-state index in [1.807, 2.05) is 13.8 Å². The molecule has 0 aliphatic carbocycles. The Morgan fingerprint density at radius 1 is 0.737 bits per heavy atom. The van der Waals surface area contributed by atoms with Crippen LogP contribution in [0.15, 0.2) is 36.4 Å². The predicted octanol–water partition coefficient (Wildman–Crippen LogP) is 8.69. The molecule has 0 fully saturated rings. The lowest BCUT2D eigenvalue weighted by Gasteiger charge is -2.24. The van der Waals surface area contributed by atoms with Gasteiger partial charge in [-0.3, -0.25) is 29.3 Å². The molecular weight excluding hydrogens is 759 g/mol. The fourth-order valence-corrected chi connectivity index (χ4v) is 6.49. The molecule has 0 N–H and O–H groups in total. The standard InChI is InChI=1S/C42H59NO13S/c1-26(2)16-28(4)18-38(45)51-23-36(24-52-40(47)25-57)54-39(46)21-30(6)29(5)17-27(3)10-9-11-37(44)56-41-31(7)19-33(20-32(41)8)22-53-42(48)55-35-14-12-34(13-15-35)43(49)50/h12-15,19-20,26-30,36,57H,9-11,16-18,21-25H2,1-8H3. The number of aryl methyl sites for hydroxylation is 2. The normalized spacial score (nSPS) is 13.7. The van der Waals surface area contributed by atoms with Crippen molar-refractivity contribution in [2.24, 2.45) is 29.6 Å². The van der Waals surface area contributed by atoms with Gasteiger partial charge in [0.2, 0.25) is 0 Å². The molecule has 0 heterocycles. The molecule has 0 aliphatic rings. The van der Waals surface area contributed by atoms with Gasteiger partial charge in [0.1, 0.15) is 31.3 Å². The molecule has 5 unspecified atom stereocenters. The van der Waals surface area contributed by atoms with Crippen LogP contribution in [-0.4, -0.2) is 60.0 Å². The van der Waals surface area contributed by atoms with Gasteiger partial charge in [0.05, 0.1) is 10.7 Å². The SMILES string of the molecule is Cc1cc(COC(=O)Oc2ccc([N+](=O)[O-])cc2)cc(C)c1OC(=O)CCCC(C)CC(C)C(C)CC(=O)OC(COC(=O)CS)COC(=O)CC(C)CC(C)C. The van der Waals surface area contributed by atoms with Gasteiger partial charge in [-0.15, -0.1) is 0 Å². The maximum atomic E-state index is 12.9. The highest BCUT2D eigenvalue weighted by molar-refractivity contribution is 7.81. The number of nitrogens with zero attached hydrogens (tertiary/aromatic N) is 1. The third kappa shape index (κ3) is 19.4. The van der Waals surface area contributed by atoms with E-state index in [1.165, 1.54) is 24.3 Å². The monoisotopic (exact) mass is 817 g/mol. The van der Waals surface area contributed by atoms with E-state index in [4.69, 9.17) is 28.4 Å². The first-order chi connectivity index (χ1) is 26.9. The molecule has 2 aromatic carbocycles. The van der Waals surface area contributed by atoms with Crippen molar-refractivity contribution in [2.45, 2.75) is 113 Å². The van der Waals surface area contributed by atoms with Crippen LogP contribution in [0.1, 0.15) is 103 Å². The maximum Gasteiger partial charge on any atom is 0.514 e. The molecule has 2 rings (SSSR count). The van der Waals surface area contributed by atoms with Crippen molar-refractivity contribution in [1.82, 2.24) is 0 Å². The first-order valence-electron chi connectivity index (χ1n) is 19.4. The van der Waals surface area contributed by atoms with Crippen molar-refractivity contribution in [3.63, 3.8) is 0 Å². The molecular formula is C42H59NO13S. The van der Waals surface area contributed by atoms with E-state index >= 15 is 0 Å². The van der Waals surface area contributed by atoms with Gasteiger partial charge in [-0.05, 0) is 104 Å². The molecule has 2 aromatic rings. The van der Waals surface area contributed by atoms with E-state index in [0.29, 0.717) is 34.8 Å². The van der Waals surface area contributed by atoms with E-state index in [-0.39, 0.29) is 85.9 Å². The van der Waals surface area contributed by atoms with E-state index in [2.05, 4.69) is 40.3 Å². The number of ether oxygens (including phenoxy) is 6. The van der Waals surface area contributed by atoms with Crippen LogP contribution in [0.25, 0.3) is 0 Å². The summed E-state index contributed by atoms with van der Waals surface area (Å²) in [4.78, 5) is 72.1. The number of carbonyl (C=O) groups is 5. The Hall–Kier alpha value is -4.66. The topological polar surface area (TPSA) is 184 Å². The molecule has 57 heavy (non-hydrogen) atoms. The van der Waals surface area contributed by atoms with E-state index in [0.717, 1.165) is 19.3 Å². The van der Waals surface area contributed by atoms with Gasteiger partial charge >= 0.3 is 30.0 Å². The minimum absolute atomic E-state index is 0.0231. The zero-order valence-electron chi connectivity index (χ0n) is 34.4. The summed E-state index contributed by atoms with van der Waals surface area (Å²) in [5, 5.41) is 10.8. The summed E-state index contributed by atoms with van der Waals surface area (Å²) in [5.74, 6) is -0.399. The Morgan fingerprint density at radius 2 is 1.35 bits per heavy atom. The predicted molar refractivity (Wildman–Crippen MR) is 215 cm³/mol. The van der Waals surface area contributed by atoms with Crippen LogP contribution in [-0.2, 0) is 44.7 Å². The Morgan fingerprint density at radius 3 is 1.93 bits per heavy atom. The van der Waals surface area contributed by atoms with Crippen molar-refractivity contribution in [2.75, 3.05) is 19.0 Å². The van der Waals surface area contributed by atoms with Crippen molar-refractivity contribution in [3.8, 4) is 11.5 Å². The Bertz CT molecular complexity index is 1620. The second-order valence-electron chi connectivity index (χ2n) is 15.4. The molecule has 0 aliphatic heterocycles. The summed E-state index contributed by atoms with van der Waals surface area (Å²) in [6.45, 7) is 15.3. The molecule has 0 amide bonds. The van der Waals surface area contributed by atoms with Gasteiger partial charge < -0.3 is 28.4 Å². The van der Waals surface area contributed by atoms with Crippen LogP contribution in [0.4, 0.5) is 10.5 Å². The molecule has 0 saturated carbocycles. The highest BCUT2D eigenvalue weighted by Gasteiger charge is 2.24. The lowest BCUT2D eigenvalue weighted by Crippen LogP contribution is -2.32. The molecule has 316 valence electrons. The van der Waals surface area contributed by atoms with Gasteiger partial charge in [0.25, 0.3) is 5.69 Å². The highest BCUT2D eigenvalue weighted by atomic mass is 32.1. The smallest absolute Gasteiger partial charge is 0.462 e. The number of carbonyl (C=O) groups excluding carboxylic acids is 5. The number of non-ortho nitro benzene ring substituents is 1. The average Bonchev–Trinajstić information content (AvgIpc) is 3.12. The summed E-state index contributed by atoms with van der Waals surface area (Å²) in [5.41, 5.74) is 1.91. The molecule has 14 nitrogen and oxygen atoms in total. The fraction of sp³-hybridized carbons (Fsp3) is 0.595. The lowest BCUT2D eigenvalue weighted by atomic mass is 9.84. The Kier molecular flexibility index (Phi) is 21.1. The van der Waals surface area contributed by atoms with E-state index < -0.39 is 35.1 Å². The van der Waals surface area contributed by atoms with Gasteiger partial charge in [-0.2, -0.15) is 12.6 Å². The maximum absolute atomic E-state index is 12.9. The number of hydrogen-bond acceptors (Lipinski definition) is 14. The zero-order valence-corrected chi connectivity index (χ0v) is 35.3. The first-order valence-corrected chi connectivity index (χ1v) is 20.0. The molecule has 0 aromatic heterocycles. The molecule has 15 heteroatoms. The quantitative estimate of drug-likeness (QED) is 0.0202. The minimum atomic E-state index is -0.969. The number of esters is 4. The fourth-order valence-electron chi connectivity index (χ4n) is 6.40. The molecule has 0 radical (unpaired) electrons. The summed E-state index contributed by atoms with van der Waals surface area (Å²) >= 11 is 3.90. The Labute approximate surface area is 341 Å². The van der Waals surface area contributed by atoms with Crippen molar-refractivity contribution >= 4 is 48.3 Å². The number of rotatable bonds is 24. The minimum Gasteiger partial charge on any atom is -0.462 e. The molecule has 0 saturated heterocycles. The number of benzene rings is 2. The van der Waals surface area contributed by atoms with Crippen LogP contribution in [0.5, 0.6) is 11.5 Å².